The van der Waals surface area contributed by atoms with Crippen molar-refractivity contribution in [1.82, 2.24) is 5.32 Å². The smallest absolute Gasteiger partial charge is 0.127 e. The molecular weight excluding hydrogens is 268 g/mol. The Bertz CT molecular complexity index is 313. The summed E-state index contributed by atoms with van der Waals surface area (Å²) in [5, 5.41) is 3.23. The minimum absolute atomic E-state index is 0. The van der Waals surface area contributed by atoms with Crippen molar-refractivity contribution in [3.05, 3.63) is 34.1 Å². The van der Waals surface area contributed by atoms with Crippen molar-refractivity contribution in [2.45, 2.75) is 12.3 Å². The summed E-state index contributed by atoms with van der Waals surface area (Å²) in [7, 11) is 0. The van der Waals surface area contributed by atoms with E-state index in [2.05, 4.69) is 21.2 Å². The molecule has 0 spiro atoms. The summed E-state index contributed by atoms with van der Waals surface area (Å²) < 4.78 is 14.2. The summed E-state index contributed by atoms with van der Waals surface area (Å²) >= 11 is 3.25. The van der Waals surface area contributed by atoms with Crippen molar-refractivity contribution in [1.29, 1.82) is 0 Å². The van der Waals surface area contributed by atoms with Crippen LogP contribution in [0, 0.1) is 5.82 Å². The molecule has 1 aromatic carbocycles. The highest BCUT2D eigenvalue weighted by atomic mass is 79.9. The Morgan fingerprint density at radius 2 is 2.21 bits per heavy atom. The monoisotopic (exact) mass is 279 g/mol. The summed E-state index contributed by atoms with van der Waals surface area (Å²) in [5.41, 5.74) is 0.841. The van der Waals surface area contributed by atoms with Gasteiger partial charge in [-0.15, -0.1) is 12.4 Å². The third kappa shape index (κ3) is 2.47. The lowest BCUT2D eigenvalue weighted by atomic mass is 9.98. The van der Waals surface area contributed by atoms with Gasteiger partial charge in [0, 0.05) is 16.9 Å². The van der Waals surface area contributed by atoms with E-state index in [0.717, 1.165) is 29.5 Å². The summed E-state index contributed by atoms with van der Waals surface area (Å²) in [6, 6.07) is 5.31. The van der Waals surface area contributed by atoms with E-state index in [-0.39, 0.29) is 18.2 Å². The largest absolute Gasteiger partial charge is 0.316 e. The highest BCUT2D eigenvalue weighted by Crippen LogP contribution is 2.26. The Morgan fingerprint density at radius 3 is 2.79 bits per heavy atom. The van der Waals surface area contributed by atoms with Crippen LogP contribution in [0.2, 0.25) is 0 Å². The lowest BCUT2D eigenvalue weighted by Gasteiger charge is -2.09. The standard InChI is InChI=1S/C10H11BrFN.ClH/c11-8-1-2-9(10(12)5-8)7-3-4-13-6-7;/h1-2,5,7,13H,3-4,6H2;1H. The van der Waals surface area contributed by atoms with Crippen molar-refractivity contribution >= 4 is 28.3 Å². The van der Waals surface area contributed by atoms with Crippen LogP contribution in [0.1, 0.15) is 17.9 Å². The summed E-state index contributed by atoms with van der Waals surface area (Å²) in [5.74, 6) is 0.260. The molecule has 1 saturated heterocycles. The van der Waals surface area contributed by atoms with Crippen LogP contribution in [0.25, 0.3) is 0 Å². The lowest BCUT2D eigenvalue weighted by molar-refractivity contribution is 0.587. The average molecular weight is 281 g/mol. The normalized spacial score (nSPS) is 20.6. The molecule has 0 bridgehead atoms. The van der Waals surface area contributed by atoms with Gasteiger partial charge in [0.1, 0.15) is 5.82 Å². The predicted octanol–water partition coefficient (Wildman–Crippen LogP) is 3.09. The molecule has 1 aliphatic rings. The Kier molecular flexibility index (Phi) is 4.35. The molecule has 78 valence electrons. The zero-order valence-corrected chi connectivity index (χ0v) is 10.00. The lowest BCUT2D eigenvalue weighted by Crippen LogP contribution is -2.08. The second kappa shape index (κ2) is 5.10. The molecule has 1 nitrogen and oxygen atoms in total. The third-order valence-corrected chi connectivity index (χ3v) is 2.96. The first-order valence-corrected chi connectivity index (χ1v) is 5.22. The van der Waals surface area contributed by atoms with Gasteiger partial charge in [-0.3, -0.25) is 0 Å². The molecule has 0 radical (unpaired) electrons. The van der Waals surface area contributed by atoms with Gasteiger partial charge in [0.2, 0.25) is 0 Å². The minimum Gasteiger partial charge on any atom is -0.316 e. The van der Waals surface area contributed by atoms with Gasteiger partial charge in [-0.2, -0.15) is 0 Å². The second-order valence-corrected chi connectivity index (χ2v) is 4.27. The van der Waals surface area contributed by atoms with E-state index in [4.69, 9.17) is 0 Å². The van der Waals surface area contributed by atoms with Crippen LogP contribution in [-0.4, -0.2) is 13.1 Å². The molecule has 0 aromatic heterocycles. The van der Waals surface area contributed by atoms with Crippen LogP contribution < -0.4 is 5.32 Å². The van der Waals surface area contributed by atoms with E-state index >= 15 is 0 Å². The van der Waals surface area contributed by atoms with Crippen molar-refractivity contribution in [2.24, 2.45) is 0 Å². The van der Waals surface area contributed by atoms with Crippen molar-refractivity contribution < 1.29 is 4.39 Å². The van der Waals surface area contributed by atoms with Gasteiger partial charge in [-0.1, -0.05) is 22.0 Å². The second-order valence-electron chi connectivity index (χ2n) is 3.36. The molecule has 1 aromatic rings. The number of nitrogens with one attached hydrogen (secondary N) is 1. The van der Waals surface area contributed by atoms with E-state index in [1.54, 1.807) is 0 Å². The van der Waals surface area contributed by atoms with E-state index < -0.39 is 0 Å². The molecular formula is C10H12BrClFN. The van der Waals surface area contributed by atoms with Crippen LogP contribution in [0.5, 0.6) is 0 Å². The molecule has 1 atom stereocenters. The van der Waals surface area contributed by atoms with Gasteiger partial charge in [-0.25, -0.2) is 4.39 Å². The number of hydrogen-bond acceptors (Lipinski definition) is 1. The average Bonchev–Trinajstić information content (AvgIpc) is 2.56. The quantitative estimate of drug-likeness (QED) is 0.833. The molecule has 0 amide bonds. The van der Waals surface area contributed by atoms with Crippen LogP contribution in [-0.2, 0) is 0 Å². The molecule has 0 aliphatic carbocycles. The first-order valence-electron chi connectivity index (χ1n) is 4.43. The van der Waals surface area contributed by atoms with Gasteiger partial charge >= 0.3 is 0 Å². The summed E-state index contributed by atoms with van der Waals surface area (Å²) in [6.45, 7) is 1.90. The SMILES string of the molecule is Cl.Fc1cc(Br)ccc1C1CCNC1. The van der Waals surface area contributed by atoms with Crippen LogP contribution >= 0.6 is 28.3 Å². The zero-order chi connectivity index (χ0) is 9.26. The Morgan fingerprint density at radius 1 is 1.43 bits per heavy atom. The molecule has 0 saturated carbocycles. The van der Waals surface area contributed by atoms with Gasteiger partial charge in [0.15, 0.2) is 0 Å². The van der Waals surface area contributed by atoms with E-state index in [1.807, 2.05) is 12.1 Å². The molecule has 1 fully saturated rings. The van der Waals surface area contributed by atoms with Gasteiger partial charge in [-0.05, 0) is 30.7 Å². The van der Waals surface area contributed by atoms with E-state index in [9.17, 15) is 4.39 Å². The molecule has 1 N–H and O–H groups in total. The number of hydrogen-bond donors (Lipinski definition) is 1. The topological polar surface area (TPSA) is 12.0 Å². The summed E-state index contributed by atoms with van der Waals surface area (Å²) in [4.78, 5) is 0. The van der Waals surface area contributed by atoms with Gasteiger partial charge in [0.25, 0.3) is 0 Å². The fourth-order valence-corrected chi connectivity index (χ4v) is 2.09. The van der Waals surface area contributed by atoms with Crippen molar-refractivity contribution in [2.75, 3.05) is 13.1 Å². The highest BCUT2D eigenvalue weighted by Gasteiger charge is 2.19. The maximum Gasteiger partial charge on any atom is 0.127 e. The summed E-state index contributed by atoms with van der Waals surface area (Å²) in [6.07, 6.45) is 1.04. The van der Waals surface area contributed by atoms with Crippen LogP contribution in [0.15, 0.2) is 22.7 Å². The molecule has 1 unspecified atom stereocenters. The maximum absolute atomic E-state index is 13.4. The maximum atomic E-state index is 13.4. The molecule has 1 aliphatic heterocycles. The minimum atomic E-state index is -0.0944. The highest BCUT2D eigenvalue weighted by molar-refractivity contribution is 9.10. The number of halogens is 3. The Labute approximate surface area is 97.6 Å². The van der Waals surface area contributed by atoms with Crippen LogP contribution in [0.3, 0.4) is 0 Å². The van der Waals surface area contributed by atoms with Crippen molar-refractivity contribution in [3.8, 4) is 0 Å². The van der Waals surface area contributed by atoms with Gasteiger partial charge < -0.3 is 5.32 Å². The fraction of sp³-hybridized carbons (Fsp3) is 0.400. The third-order valence-electron chi connectivity index (χ3n) is 2.46. The molecule has 4 heteroatoms. The zero-order valence-electron chi connectivity index (χ0n) is 7.59. The molecule has 2 rings (SSSR count). The van der Waals surface area contributed by atoms with Crippen LogP contribution in [0.4, 0.5) is 4.39 Å². The molecule has 1 heterocycles. The first kappa shape index (κ1) is 12.0. The Balaban J connectivity index is 0.000000980. The van der Waals surface area contributed by atoms with Gasteiger partial charge in [0.05, 0.1) is 0 Å². The fourth-order valence-electron chi connectivity index (χ4n) is 1.75. The number of rotatable bonds is 1. The predicted molar refractivity (Wildman–Crippen MR) is 61.6 cm³/mol. The van der Waals surface area contributed by atoms with Crippen molar-refractivity contribution in [3.63, 3.8) is 0 Å². The Hall–Kier alpha value is -0.120. The van der Waals surface area contributed by atoms with E-state index in [0.29, 0.717) is 5.92 Å². The number of benzene rings is 1. The van der Waals surface area contributed by atoms with E-state index in [1.165, 1.54) is 6.07 Å². The molecule has 14 heavy (non-hydrogen) atoms. The first-order chi connectivity index (χ1) is 6.27.